The second-order valence-electron chi connectivity index (χ2n) is 8.08. The lowest BCUT2D eigenvalue weighted by Gasteiger charge is -2.24. The lowest BCUT2D eigenvalue weighted by atomic mass is 9.97. The molecule has 0 fully saturated rings. The van der Waals surface area contributed by atoms with Crippen LogP contribution in [-0.4, -0.2) is 34.1 Å². The maximum Gasteiger partial charge on any atom is 0.417 e. The first-order chi connectivity index (χ1) is 16.4. The van der Waals surface area contributed by atoms with Crippen molar-refractivity contribution in [3.8, 4) is 5.69 Å². The number of carbonyl (C=O) groups is 2. The molecule has 2 N–H and O–H groups in total. The molecule has 0 bridgehead atoms. The Labute approximate surface area is 196 Å². The lowest BCUT2D eigenvalue weighted by Crippen LogP contribution is -2.34. The number of nitrogens with zero attached hydrogens (tertiary/aromatic N) is 3. The maximum atomic E-state index is 14.9. The fourth-order valence-electron chi connectivity index (χ4n) is 3.97. The monoisotopic (exact) mass is 490 g/mol. The number of fused-ring (bicyclic) bond motifs is 1. The van der Waals surface area contributed by atoms with Crippen molar-refractivity contribution in [2.45, 2.75) is 25.4 Å². The zero-order valence-electron chi connectivity index (χ0n) is 18.3. The third-order valence-electron chi connectivity index (χ3n) is 5.58. The Balaban J connectivity index is 1.85. The Morgan fingerprint density at radius 2 is 1.86 bits per heavy atom. The number of halogens is 5. The van der Waals surface area contributed by atoms with Gasteiger partial charge in [0.25, 0.3) is 11.8 Å². The molecule has 0 unspecified atom stereocenters. The van der Waals surface area contributed by atoms with E-state index in [1.807, 2.05) is 0 Å². The van der Waals surface area contributed by atoms with Gasteiger partial charge in [-0.25, -0.2) is 13.5 Å². The molecule has 0 spiro atoms. The van der Waals surface area contributed by atoms with Gasteiger partial charge in [-0.3, -0.25) is 9.59 Å². The van der Waals surface area contributed by atoms with Crippen molar-refractivity contribution in [1.29, 1.82) is 0 Å². The Bertz CT molecular complexity index is 1340. The summed E-state index contributed by atoms with van der Waals surface area (Å²) in [6.07, 6.45) is -2.25. The fraction of sp³-hybridized carbons (Fsp3) is 0.208. The van der Waals surface area contributed by atoms with Crippen LogP contribution in [0.3, 0.4) is 0 Å². The Kier molecular flexibility index (Phi) is 5.95. The average Bonchev–Trinajstić information content (AvgIpc) is 3.18. The zero-order valence-corrected chi connectivity index (χ0v) is 18.3. The van der Waals surface area contributed by atoms with Crippen LogP contribution in [0.25, 0.3) is 11.3 Å². The minimum absolute atomic E-state index is 0.0536. The van der Waals surface area contributed by atoms with E-state index in [1.54, 1.807) is 6.92 Å². The van der Waals surface area contributed by atoms with Crippen LogP contribution in [0, 0.1) is 6.92 Å². The molecule has 0 atom stereocenters. The van der Waals surface area contributed by atoms with Crippen molar-refractivity contribution in [3.63, 3.8) is 0 Å². The number of hydrogen-bond acceptors (Lipinski definition) is 3. The smallest absolute Gasteiger partial charge is 0.366 e. The number of hydrogen-bond donors (Lipinski definition) is 1. The molecule has 0 radical (unpaired) electrons. The highest BCUT2D eigenvalue weighted by atomic mass is 19.4. The summed E-state index contributed by atoms with van der Waals surface area (Å²) in [5, 5.41) is 3.99. The molecule has 1 aromatic heterocycles. The third-order valence-corrected chi connectivity index (χ3v) is 5.58. The molecule has 0 saturated heterocycles. The second-order valence-corrected chi connectivity index (χ2v) is 8.08. The molecule has 0 saturated carbocycles. The molecule has 4 rings (SSSR count). The fourth-order valence-corrected chi connectivity index (χ4v) is 3.97. The van der Waals surface area contributed by atoms with Gasteiger partial charge in [0.1, 0.15) is 0 Å². The summed E-state index contributed by atoms with van der Waals surface area (Å²) in [6.45, 7) is 1.13. The van der Waals surface area contributed by atoms with Crippen molar-refractivity contribution in [1.82, 2.24) is 9.78 Å². The highest BCUT2D eigenvalue weighted by Crippen LogP contribution is 2.44. The first-order valence-corrected chi connectivity index (χ1v) is 10.4. The van der Waals surface area contributed by atoms with Crippen molar-refractivity contribution in [2.75, 3.05) is 11.4 Å². The Morgan fingerprint density at radius 1 is 1.14 bits per heavy atom. The number of benzene rings is 2. The summed E-state index contributed by atoms with van der Waals surface area (Å²) in [4.78, 5) is 25.7. The van der Waals surface area contributed by atoms with Crippen LogP contribution in [0.1, 0.15) is 33.5 Å². The van der Waals surface area contributed by atoms with Gasteiger partial charge >= 0.3 is 6.18 Å². The molecule has 11 heteroatoms. The number of rotatable bonds is 3. The lowest BCUT2D eigenvalue weighted by molar-refractivity contribution is -0.137. The average molecular weight is 490 g/mol. The molecule has 35 heavy (non-hydrogen) atoms. The van der Waals surface area contributed by atoms with Crippen molar-refractivity contribution >= 4 is 23.1 Å². The van der Waals surface area contributed by atoms with E-state index < -0.39 is 53.6 Å². The summed E-state index contributed by atoms with van der Waals surface area (Å²) in [5.41, 5.74) is 3.06. The van der Waals surface area contributed by atoms with Crippen LogP contribution < -0.4 is 10.6 Å². The van der Waals surface area contributed by atoms with Crippen molar-refractivity contribution < 1.29 is 31.5 Å². The first kappa shape index (κ1) is 24.1. The minimum atomic E-state index is -4.91. The largest absolute Gasteiger partial charge is 0.417 e. The van der Waals surface area contributed by atoms with Gasteiger partial charge in [0, 0.05) is 36.4 Å². The molecule has 3 aromatic rings. The molecular formula is C24H19F5N4O2. The molecule has 1 aliphatic rings. The number of aryl methyl sites for hydroxylation is 1. The number of para-hydroxylation sites is 1. The SMILES string of the molecule is Cc1cnn(-c2ccc(C(=O)N3CCC(F)(F)/C(=C\C(N)=O)c4ccccc43)c(C(F)(F)F)c2)c1. The van der Waals surface area contributed by atoms with Crippen LogP contribution in [-0.2, 0) is 11.0 Å². The number of nitrogens with two attached hydrogens (primary N) is 1. The number of alkyl halides is 5. The summed E-state index contributed by atoms with van der Waals surface area (Å²) in [6, 6.07) is 8.55. The summed E-state index contributed by atoms with van der Waals surface area (Å²) in [5.74, 6) is -5.77. The molecule has 6 nitrogen and oxygen atoms in total. The van der Waals surface area contributed by atoms with E-state index in [4.69, 9.17) is 5.73 Å². The van der Waals surface area contributed by atoms with Gasteiger partial charge in [0.15, 0.2) is 0 Å². The molecule has 182 valence electrons. The molecule has 2 aromatic carbocycles. The van der Waals surface area contributed by atoms with E-state index in [9.17, 15) is 31.5 Å². The number of carbonyl (C=O) groups excluding carboxylic acids is 2. The van der Waals surface area contributed by atoms with E-state index in [1.165, 1.54) is 47.4 Å². The highest BCUT2D eigenvalue weighted by molar-refractivity contribution is 6.10. The summed E-state index contributed by atoms with van der Waals surface area (Å²) < 4.78 is 73.1. The number of allylic oxidation sites excluding steroid dienone is 1. The van der Waals surface area contributed by atoms with Crippen LogP contribution in [0.15, 0.2) is 60.9 Å². The van der Waals surface area contributed by atoms with Gasteiger partial charge in [-0.05, 0) is 36.8 Å². The van der Waals surface area contributed by atoms with Crippen LogP contribution >= 0.6 is 0 Å². The number of anilines is 1. The van der Waals surface area contributed by atoms with E-state index in [0.29, 0.717) is 6.08 Å². The molecular weight excluding hydrogens is 471 g/mol. The van der Waals surface area contributed by atoms with Gasteiger partial charge in [0.05, 0.1) is 28.7 Å². The van der Waals surface area contributed by atoms with E-state index in [-0.39, 0.29) is 16.9 Å². The molecule has 2 amide bonds. The van der Waals surface area contributed by atoms with Crippen molar-refractivity contribution in [2.24, 2.45) is 5.73 Å². The Morgan fingerprint density at radius 3 is 2.49 bits per heavy atom. The summed E-state index contributed by atoms with van der Waals surface area (Å²) in [7, 11) is 0. The van der Waals surface area contributed by atoms with Crippen molar-refractivity contribution in [3.05, 3.63) is 83.2 Å². The first-order valence-electron chi connectivity index (χ1n) is 10.4. The molecule has 0 aliphatic carbocycles. The number of aromatic nitrogens is 2. The normalized spacial score (nSPS) is 16.6. The topological polar surface area (TPSA) is 81.2 Å². The van der Waals surface area contributed by atoms with Crippen LogP contribution in [0.5, 0.6) is 0 Å². The van der Waals surface area contributed by atoms with Gasteiger partial charge in [-0.15, -0.1) is 0 Å². The van der Waals surface area contributed by atoms with Gasteiger partial charge in [-0.2, -0.15) is 18.3 Å². The Hall–Kier alpha value is -4.02. The number of primary amides is 1. The third kappa shape index (κ3) is 4.66. The van der Waals surface area contributed by atoms with Gasteiger partial charge in [-0.1, -0.05) is 18.2 Å². The second kappa shape index (κ2) is 8.64. The molecule has 1 aliphatic heterocycles. The molecule has 2 heterocycles. The minimum Gasteiger partial charge on any atom is -0.366 e. The number of amides is 2. The van der Waals surface area contributed by atoms with Gasteiger partial charge in [0.2, 0.25) is 5.91 Å². The van der Waals surface area contributed by atoms with E-state index >= 15 is 0 Å². The van der Waals surface area contributed by atoms with Crippen LogP contribution in [0.2, 0.25) is 0 Å². The maximum absolute atomic E-state index is 14.9. The standard InChI is InChI=1S/C24H19F5N4O2/c1-14-12-31-33(13-14)15-6-7-17(19(10-15)24(27,28)29)22(35)32-9-8-23(25,26)18(11-21(30)34)16-4-2-3-5-20(16)32/h2-7,10-13H,8-9H2,1H3,(H2,30,34)/b18-11-. The van der Waals surface area contributed by atoms with E-state index in [0.717, 1.165) is 22.6 Å². The van der Waals surface area contributed by atoms with Crippen LogP contribution in [0.4, 0.5) is 27.6 Å². The quantitative estimate of drug-likeness (QED) is 0.425. The van der Waals surface area contributed by atoms with Gasteiger partial charge < -0.3 is 10.6 Å². The predicted octanol–water partition coefficient (Wildman–Crippen LogP) is 4.75. The van der Waals surface area contributed by atoms with E-state index in [2.05, 4.69) is 5.10 Å². The zero-order chi connectivity index (χ0) is 25.5. The predicted molar refractivity (Wildman–Crippen MR) is 118 cm³/mol. The summed E-state index contributed by atoms with van der Waals surface area (Å²) >= 11 is 0. The highest BCUT2D eigenvalue weighted by Gasteiger charge is 2.43.